The number of rotatable bonds is 5. The molecule has 0 fully saturated rings. The largest absolute Gasteiger partial charge is 0.311 e. The van der Waals surface area contributed by atoms with Crippen LogP contribution in [-0.4, -0.2) is 22.7 Å². The third kappa shape index (κ3) is 3.50. The van der Waals surface area contributed by atoms with Gasteiger partial charge >= 0.3 is 0 Å². The molecule has 1 aromatic heterocycles. The van der Waals surface area contributed by atoms with Crippen LogP contribution >= 0.6 is 0 Å². The fourth-order valence-electron chi connectivity index (χ4n) is 3.19. The van der Waals surface area contributed by atoms with E-state index in [0.717, 1.165) is 22.4 Å². The average Bonchev–Trinajstić information content (AvgIpc) is 2.78. The highest BCUT2D eigenvalue weighted by molar-refractivity contribution is 6.06. The first-order valence-corrected chi connectivity index (χ1v) is 8.30. The quantitative estimate of drug-likeness (QED) is 0.819. The minimum absolute atomic E-state index is 0.0336. The van der Waals surface area contributed by atoms with Crippen LogP contribution in [0.5, 0.6) is 0 Å². The fraction of sp³-hybridized carbons (Fsp3) is 0.474. The van der Waals surface area contributed by atoms with Crippen LogP contribution in [0.25, 0.3) is 0 Å². The van der Waals surface area contributed by atoms with E-state index in [2.05, 4.69) is 25.9 Å². The minimum Gasteiger partial charge on any atom is -0.311 e. The van der Waals surface area contributed by atoms with Crippen LogP contribution in [0.15, 0.2) is 24.3 Å². The van der Waals surface area contributed by atoms with Gasteiger partial charge in [0.15, 0.2) is 0 Å². The van der Waals surface area contributed by atoms with Gasteiger partial charge in [-0.2, -0.15) is 9.49 Å². The summed E-state index contributed by atoms with van der Waals surface area (Å²) in [5, 5.41) is 4.00. The van der Waals surface area contributed by atoms with Crippen LogP contribution in [-0.2, 0) is 7.05 Å². The van der Waals surface area contributed by atoms with Gasteiger partial charge in [0.05, 0.1) is 5.69 Å². The van der Waals surface area contributed by atoms with E-state index in [1.807, 2.05) is 24.3 Å². The molecule has 0 bridgehead atoms. The summed E-state index contributed by atoms with van der Waals surface area (Å²) in [4.78, 5) is 14.4. The Morgan fingerprint density at radius 3 is 2.46 bits per heavy atom. The summed E-state index contributed by atoms with van der Waals surface area (Å²) in [6.07, 6.45) is 1.03. The van der Waals surface area contributed by atoms with Gasteiger partial charge in [0.2, 0.25) is 5.95 Å². The van der Waals surface area contributed by atoms with E-state index in [0.29, 0.717) is 17.5 Å². The Morgan fingerprint density at radius 2 is 1.92 bits per heavy atom. The van der Waals surface area contributed by atoms with Crippen molar-refractivity contribution in [3.63, 3.8) is 0 Å². The summed E-state index contributed by atoms with van der Waals surface area (Å²) >= 11 is 0. The molecule has 0 aliphatic rings. The zero-order valence-corrected chi connectivity index (χ0v) is 15.3. The lowest BCUT2D eigenvalue weighted by Gasteiger charge is -2.24. The number of anilines is 1. The molecule has 0 radical (unpaired) electrons. The van der Waals surface area contributed by atoms with E-state index >= 15 is 0 Å². The number of carbonyl (C=O) groups is 1. The molecule has 0 saturated carbocycles. The van der Waals surface area contributed by atoms with Crippen molar-refractivity contribution < 1.29 is 9.18 Å². The smallest absolute Gasteiger partial charge is 0.264 e. The van der Waals surface area contributed by atoms with E-state index in [4.69, 9.17) is 0 Å². The first-order valence-electron chi connectivity index (χ1n) is 8.30. The third-order valence-corrected chi connectivity index (χ3v) is 4.32. The lowest BCUT2D eigenvalue weighted by Crippen LogP contribution is -2.28. The van der Waals surface area contributed by atoms with E-state index in [9.17, 15) is 9.18 Å². The summed E-state index contributed by atoms with van der Waals surface area (Å²) in [5.74, 6) is -0.0947. The van der Waals surface area contributed by atoms with E-state index < -0.39 is 5.95 Å². The van der Waals surface area contributed by atoms with E-state index in [1.54, 1.807) is 14.0 Å². The molecular formula is C19H26FN3O. The SMILES string of the molecule is Cc1nn(C)c(F)c1C(=O)N(C)c1ccccc1C(C)CC(C)C. The zero-order chi connectivity index (χ0) is 18.0. The summed E-state index contributed by atoms with van der Waals surface area (Å²) in [5.41, 5.74) is 2.35. The van der Waals surface area contributed by atoms with Crippen molar-refractivity contribution in [3.8, 4) is 0 Å². The number of para-hydroxylation sites is 1. The van der Waals surface area contributed by atoms with Gasteiger partial charge in [-0.25, -0.2) is 4.68 Å². The molecule has 24 heavy (non-hydrogen) atoms. The molecule has 0 aliphatic carbocycles. The van der Waals surface area contributed by atoms with Crippen LogP contribution in [0, 0.1) is 18.8 Å². The van der Waals surface area contributed by atoms with Crippen molar-refractivity contribution in [3.05, 3.63) is 47.0 Å². The second-order valence-corrected chi connectivity index (χ2v) is 6.83. The molecule has 2 rings (SSSR count). The standard InChI is InChI=1S/C19H26FN3O/c1-12(2)11-13(3)15-9-7-8-10-16(15)22(5)19(24)17-14(4)21-23(6)18(17)20/h7-10,12-13H,11H2,1-6H3. The summed E-state index contributed by atoms with van der Waals surface area (Å²) in [6.45, 7) is 8.18. The molecule has 1 aromatic carbocycles. The van der Waals surface area contributed by atoms with E-state index in [-0.39, 0.29) is 11.5 Å². The molecule has 1 unspecified atom stereocenters. The molecule has 1 heterocycles. The Kier molecular flexibility index (Phi) is 5.42. The number of halogens is 1. The van der Waals surface area contributed by atoms with Crippen molar-refractivity contribution in [1.29, 1.82) is 0 Å². The predicted octanol–water partition coefficient (Wildman–Crippen LogP) is 4.29. The van der Waals surface area contributed by atoms with Gasteiger partial charge in [-0.1, -0.05) is 39.0 Å². The number of carbonyl (C=O) groups excluding carboxylic acids is 1. The lowest BCUT2D eigenvalue weighted by atomic mass is 9.90. The second-order valence-electron chi connectivity index (χ2n) is 6.83. The maximum absolute atomic E-state index is 14.2. The Bertz CT molecular complexity index is 736. The van der Waals surface area contributed by atoms with Gasteiger partial charge < -0.3 is 4.90 Å². The Morgan fingerprint density at radius 1 is 1.29 bits per heavy atom. The Balaban J connectivity index is 2.39. The van der Waals surface area contributed by atoms with Crippen molar-refractivity contribution in [1.82, 2.24) is 9.78 Å². The first-order chi connectivity index (χ1) is 11.2. The summed E-state index contributed by atoms with van der Waals surface area (Å²) in [6, 6.07) is 7.83. The van der Waals surface area contributed by atoms with Crippen molar-refractivity contribution >= 4 is 11.6 Å². The summed E-state index contributed by atoms with van der Waals surface area (Å²) < 4.78 is 15.3. The van der Waals surface area contributed by atoms with Crippen LogP contribution < -0.4 is 4.90 Å². The zero-order valence-electron chi connectivity index (χ0n) is 15.3. The molecule has 130 valence electrons. The molecular weight excluding hydrogens is 305 g/mol. The fourth-order valence-corrected chi connectivity index (χ4v) is 3.19. The highest BCUT2D eigenvalue weighted by atomic mass is 19.1. The van der Waals surface area contributed by atoms with Crippen LogP contribution in [0.1, 0.15) is 54.7 Å². The molecule has 0 N–H and O–H groups in total. The highest BCUT2D eigenvalue weighted by Crippen LogP contribution is 2.32. The Hall–Kier alpha value is -2.17. The van der Waals surface area contributed by atoms with Crippen LogP contribution in [0.3, 0.4) is 0 Å². The van der Waals surface area contributed by atoms with Crippen molar-refractivity contribution in [2.75, 3.05) is 11.9 Å². The lowest BCUT2D eigenvalue weighted by molar-refractivity contribution is 0.0988. The number of aromatic nitrogens is 2. The average molecular weight is 331 g/mol. The molecule has 0 saturated heterocycles. The second kappa shape index (κ2) is 7.16. The monoisotopic (exact) mass is 331 g/mol. The Labute approximate surface area is 143 Å². The molecule has 0 aliphatic heterocycles. The number of aryl methyl sites for hydroxylation is 2. The summed E-state index contributed by atoms with van der Waals surface area (Å²) in [7, 11) is 3.19. The number of hydrogen-bond donors (Lipinski definition) is 0. The molecule has 5 heteroatoms. The molecule has 0 spiro atoms. The van der Waals surface area contributed by atoms with Crippen LogP contribution in [0.4, 0.5) is 10.1 Å². The topological polar surface area (TPSA) is 38.1 Å². The van der Waals surface area contributed by atoms with Gasteiger partial charge in [0, 0.05) is 19.8 Å². The van der Waals surface area contributed by atoms with Crippen LogP contribution in [0.2, 0.25) is 0 Å². The minimum atomic E-state index is -0.600. The number of amides is 1. The molecule has 4 nitrogen and oxygen atoms in total. The van der Waals surface area contributed by atoms with Crippen molar-refractivity contribution in [2.45, 2.75) is 40.0 Å². The van der Waals surface area contributed by atoms with E-state index in [1.165, 1.54) is 11.9 Å². The van der Waals surface area contributed by atoms with Crippen molar-refractivity contribution in [2.24, 2.45) is 13.0 Å². The number of nitrogens with zero attached hydrogens (tertiary/aromatic N) is 3. The van der Waals surface area contributed by atoms with Gasteiger partial charge in [-0.05, 0) is 36.8 Å². The van der Waals surface area contributed by atoms with Gasteiger partial charge in [0.1, 0.15) is 5.56 Å². The molecule has 1 atom stereocenters. The van der Waals surface area contributed by atoms with Gasteiger partial charge in [-0.15, -0.1) is 0 Å². The molecule has 2 aromatic rings. The number of benzene rings is 1. The third-order valence-electron chi connectivity index (χ3n) is 4.32. The maximum atomic E-state index is 14.2. The maximum Gasteiger partial charge on any atom is 0.264 e. The van der Waals surface area contributed by atoms with Gasteiger partial charge in [0.25, 0.3) is 5.91 Å². The highest BCUT2D eigenvalue weighted by Gasteiger charge is 2.26. The number of hydrogen-bond acceptors (Lipinski definition) is 2. The normalized spacial score (nSPS) is 12.5. The first kappa shape index (κ1) is 18.2. The van der Waals surface area contributed by atoms with Gasteiger partial charge in [-0.3, -0.25) is 4.79 Å². The predicted molar refractivity (Wildman–Crippen MR) is 94.9 cm³/mol. The molecule has 1 amide bonds.